The van der Waals surface area contributed by atoms with Gasteiger partial charge in [-0.3, -0.25) is 4.79 Å². The third-order valence-electron chi connectivity index (χ3n) is 6.06. The standard InChI is InChI=1S/C24H32N2O6S/c1-16-13-26(17(2)15-27)33(29,30)24-10-9-20(19-7-6-8-21(11-19)31-5)12-22(24)32-23(16)14-25(4)18(3)28/h6-12,16-17,23,27H,13-15H2,1-5H3/t16-,17+,23-/m0/s1. The number of carbonyl (C=O) groups excluding carboxylic acids is 1. The number of benzene rings is 2. The van der Waals surface area contributed by atoms with Gasteiger partial charge in [0.25, 0.3) is 0 Å². The van der Waals surface area contributed by atoms with Crippen molar-refractivity contribution >= 4 is 15.9 Å². The molecule has 0 spiro atoms. The van der Waals surface area contributed by atoms with E-state index in [2.05, 4.69) is 0 Å². The first kappa shape index (κ1) is 25.0. The summed E-state index contributed by atoms with van der Waals surface area (Å²) in [5, 5.41) is 9.74. The number of ether oxygens (including phenoxy) is 2. The van der Waals surface area contributed by atoms with Crippen molar-refractivity contribution in [2.45, 2.75) is 37.8 Å². The van der Waals surface area contributed by atoms with E-state index in [9.17, 15) is 18.3 Å². The molecule has 3 rings (SSSR count). The lowest BCUT2D eigenvalue weighted by atomic mass is 10.0. The molecule has 0 radical (unpaired) electrons. The predicted octanol–water partition coefficient (Wildman–Crippen LogP) is 2.61. The Kier molecular flexibility index (Phi) is 7.66. The number of sulfonamides is 1. The topological polar surface area (TPSA) is 96.4 Å². The first-order valence-electron chi connectivity index (χ1n) is 10.9. The van der Waals surface area contributed by atoms with Crippen molar-refractivity contribution < 1.29 is 27.8 Å². The number of rotatable bonds is 6. The molecule has 0 saturated carbocycles. The number of fused-ring (bicyclic) bond motifs is 1. The van der Waals surface area contributed by atoms with Gasteiger partial charge in [0.05, 0.1) is 20.3 Å². The summed E-state index contributed by atoms with van der Waals surface area (Å²) in [7, 11) is -0.647. The van der Waals surface area contributed by atoms with Crippen LogP contribution in [0.3, 0.4) is 0 Å². The van der Waals surface area contributed by atoms with Gasteiger partial charge in [-0.25, -0.2) is 8.42 Å². The van der Waals surface area contributed by atoms with Gasteiger partial charge in [-0.15, -0.1) is 0 Å². The molecule has 2 aromatic carbocycles. The molecule has 9 heteroatoms. The van der Waals surface area contributed by atoms with Crippen molar-refractivity contribution in [2.24, 2.45) is 5.92 Å². The van der Waals surface area contributed by atoms with Gasteiger partial charge in [-0.05, 0) is 42.3 Å². The number of carbonyl (C=O) groups is 1. The van der Waals surface area contributed by atoms with Crippen molar-refractivity contribution in [1.82, 2.24) is 9.21 Å². The first-order chi connectivity index (χ1) is 15.6. The van der Waals surface area contributed by atoms with Crippen LogP contribution in [0.2, 0.25) is 0 Å². The molecule has 0 bridgehead atoms. The van der Waals surface area contributed by atoms with Gasteiger partial charge in [-0.1, -0.05) is 25.1 Å². The van der Waals surface area contributed by atoms with Crippen LogP contribution in [0.15, 0.2) is 47.4 Å². The third kappa shape index (κ3) is 5.31. The number of hydrogen-bond acceptors (Lipinski definition) is 6. The Morgan fingerprint density at radius 2 is 1.97 bits per heavy atom. The van der Waals surface area contributed by atoms with Crippen LogP contribution in [0, 0.1) is 5.92 Å². The highest BCUT2D eigenvalue weighted by Gasteiger charge is 2.38. The predicted molar refractivity (Wildman–Crippen MR) is 126 cm³/mol. The van der Waals surface area contributed by atoms with Gasteiger partial charge < -0.3 is 19.5 Å². The number of hydrogen-bond donors (Lipinski definition) is 1. The number of methoxy groups -OCH3 is 1. The molecular formula is C24H32N2O6S. The van der Waals surface area contributed by atoms with Crippen molar-refractivity contribution in [2.75, 3.05) is 33.9 Å². The van der Waals surface area contributed by atoms with Crippen molar-refractivity contribution in [3.8, 4) is 22.6 Å². The van der Waals surface area contributed by atoms with E-state index in [0.717, 1.165) is 11.1 Å². The molecular weight excluding hydrogens is 444 g/mol. The minimum absolute atomic E-state index is 0.0387. The second-order valence-electron chi connectivity index (χ2n) is 8.53. The Balaban J connectivity index is 2.14. The molecule has 0 unspecified atom stereocenters. The van der Waals surface area contributed by atoms with Gasteiger partial charge in [0.1, 0.15) is 22.5 Å². The van der Waals surface area contributed by atoms with Crippen LogP contribution in [0.5, 0.6) is 11.5 Å². The lowest BCUT2D eigenvalue weighted by Gasteiger charge is -2.37. The van der Waals surface area contributed by atoms with Crippen LogP contribution in [0.4, 0.5) is 0 Å². The molecule has 2 aromatic rings. The molecule has 1 aliphatic heterocycles. The summed E-state index contributed by atoms with van der Waals surface area (Å²) < 4.78 is 40.0. The summed E-state index contributed by atoms with van der Waals surface area (Å²) in [5.74, 6) is 0.569. The summed E-state index contributed by atoms with van der Waals surface area (Å²) in [4.78, 5) is 13.5. The summed E-state index contributed by atoms with van der Waals surface area (Å²) in [5.41, 5.74) is 1.63. The number of aliphatic hydroxyl groups excluding tert-OH is 1. The molecule has 1 heterocycles. The van der Waals surface area contributed by atoms with Crippen LogP contribution in [-0.4, -0.2) is 74.6 Å². The zero-order valence-electron chi connectivity index (χ0n) is 19.7. The minimum Gasteiger partial charge on any atom is -0.497 e. The molecule has 0 aliphatic carbocycles. The van der Waals surface area contributed by atoms with E-state index in [4.69, 9.17) is 9.47 Å². The molecule has 0 saturated heterocycles. The van der Waals surface area contributed by atoms with Crippen molar-refractivity contribution in [1.29, 1.82) is 0 Å². The second kappa shape index (κ2) is 10.1. The molecule has 1 aliphatic rings. The van der Waals surface area contributed by atoms with Crippen LogP contribution in [0.25, 0.3) is 11.1 Å². The zero-order valence-corrected chi connectivity index (χ0v) is 20.5. The third-order valence-corrected chi connectivity index (χ3v) is 8.08. The average Bonchev–Trinajstić information content (AvgIpc) is 2.80. The van der Waals surface area contributed by atoms with E-state index in [1.165, 1.54) is 17.3 Å². The maximum absolute atomic E-state index is 13.6. The average molecular weight is 477 g/mol. The summed E-state index contributed by atoms with van der Waals surface area (Å²) in [6.07, 6.45) is -0.442. The monoisotopic (exact) mass is 476 g/mol. The number of likely N-dealkylation sites (N-methyl/N-ethyl adjacent to an activating group) is 1. The van der Waals surface area contributed by atoms with Gasteiger partial charge in [0.2, 0.25) is 15.9 Å². The fourth-order valence-electron chi connectivity index (χ4n) is 3.82. The quantitative estimate of drug-likeness (QED) is 0.689. The molecule has 1 N–H and O–H groups in total. The van der Waals surface area contributed by atoms with Gasteiger partial charge in [-0.2, -0.15) is 4.31 Å². The van der Waals surface area contributed by atoms with E-state index in [1.807, 2.05) is 31.2 Å². The van der Waals surface area contributed by atoms with Crippen LogP contribution >= 0.6 is 0 Å². The van der Waals surface area contributed by atoms with E-state index in [-0.39, 0.29) is 35.6 Å². The van der Waals surface area contributed by atoms with Crippen molar-refractivity contribution in [3.05, 3.63) is 42.5 Å². The largest absolute Gasteiger partial charge is 0.497 e. The van der Waals surface area contributed by atoms with Crippen molar-refractivity contribution in [3.63, 3.8) is 0 Å². The highest BCUT2D eigenvalue weighted by atomic mass is 32.2. The maximum atomic E-state index is 13.6. The SMILES string of the molecule is COc1cccc(-c2ccc3c(c2)O[C@@H](CN(C)C(C)=O)[C@@H](C)CN([C@H](C)CO)S3(=O)=O)c1. The smallest absolute Gasteiger partial charge is 0.247 e. The Morgan fingerprint density at radius 1 is 1.27 bits per heavy atom. The van der Waals surface area contributed by atoms with E-state index >= 15 is 0 Å². The normalized spacial score (nSPS) is 21.2. The van der Waals surface area contributed by atoms with E-state index < -0.39 is 22.2 Å². The molecule has 0 fully saturated rings. The fourth-order valence-corrected chi connectivity index (χ4v) is 5.65. The number of nitrogens with zero attached hydrogens (tertiary/aromatic N) is 2. The highest BCUT2D eigenvalue weighted by molar-refractivity contribution is 7.89. The van der Waals surface area contributed by atoms with Crippen LogP contribution in [0.1, 0.15) is 20.8 Å². The first-order valence-corrected chi connectivity index (χ1v) is 12.3. The Bertz CT molecular complexity index is 1100. The lowest BCUT2D eigenvalue weighted by Crippen LogP contribution is -2.50. The van der Waals surface area contributed by atoms with Gasteiger partial charge in [0, 0.05) is 32.5 Å². The number of aliphatic hydroxyl groups is 1. The summed E-state index contributed by atoms with van der Waals surface area (Å²) in [6, 6.07) is 11.8. The Hall–Kier alpha value is -2.62. The fraction of sp³-hybridized carbons (Fsp3) is 0.458. The van der Waals surface area contributed by atoms with E-state index in [1.54, 1.807) is 38.1 Å². The molecule has 3 atom stereocenters. The van der Waals surface area contributed by atoms with Crippen LogP contribution < -0.4 is 9.47 Å². The summed E-state index contributed by atoms with van der Waals surface area (Å²) >= 11 is 0. The Labute approximate surface area is 195 Å². The summed E-state index contributed by atoms with van der Waals surface area (Å²) in [6.45, 7) is 5.21. The molecule has 0 aromatic heterocycles. The van der Waals surface area contributed by atoms with Crippen LogP contribution in [-0.2, 0) is 14.8 Å². The minimum atomic E-state index is -3.92. The molecule has 1 amide bonds. The highest BCUT2D eigenvalue weighted by Crippen LogP contribution is 2.37. The van der Waals surface area contributed by atoms with Gasteiger partial charge >= 0.3 is 0 Å². The number of amides is 1. The van der Waals surface area contributed by atoms with E-state index in [0.29, 0.717) is 12.3 Å². The molecule has 180 valence electrons. The Morgan fingerprint density at radius 3 is 2.61 bits per heavy atom. The maximum Gasteiger partial charge on any atom is 0.247 e. The van der Waals surface area contributed by atoms with Gasteiger partial charge in [0.15, 0.2) is 0 Å². The molecule has 33 heavy (non-hydrogen) atoms. The second-order valence-corrected chi connectivity index (χ2v) is 10.4. The lowest BCUT2D eigenvalue weighted by molar-refractivity contribution is -0.129. The molecule has 8 nitrogen and oxygen atoms in total. The zero-order chi connectivity index (χ0) is 24.3.